The maximum Gasteiger partial charge on any atom is 0.325 e. The maximum absolute atomic E-state index is 12.0. The second kappa shape index (κ2) is 9.22. The van der Waals surface area contributed by atoms with E-state index < -0.39 is 24.3 Å². The number of nitrogens with one attached hydrogen (secondary N) is 1. The molecule has 1 amide bonds. The lowest BCUT2D eigenvalue weighted by atomic mass is 10.1. The summed E-state index contributed by atoms with van der Waals surface area (Å²) in [6.07, 6.45) is 0. The fraction of sp³-hybridized carbons (Fsp3) is 0.167. The van der Waals surface area contributed by atoms with Crippen LogP contribution in [0.3, 0.4) is 0 Å². The van der Waals surface area contributed by atoms with Crippen molar-refractivity contribution in [1.29, 1.82) is 0 Å². The smallest absolute Gasteiger partial charge is 0.325 e. The lowest BCUT2D eigenvalue weighted by Gasteiger charge is -2.08. The van der Waals surface area contributed by atoms with Crippen LogP contribution in [0.1, 0.15) is 20.7 Å². The van der Waals surface area contributed by atoms with Crippen molar-refractivity contribution >= 4 is 40.9 Å². The van der Waals surface area contributed by atoms with Crippen molar-refractivity contribution in [2.45, 2.75) is 0 Å². The molecule has 0 unspecified atom stereocenters. The SMILES string of the molecule is COc1ccc(C(=O)NCC(=O)OCC(=O)c2ccc(Cl)cc2Cl)cc1. The van der Waals surface area contributed by atoms with Gasteiger partial charge in [0.1, 0.15) is 12.3 Å². The monoisotopic (exact) mass is 395 g/mol. The van der Waals surface area contributed by atoms with Gasteiger partial charge in [0.15, 0.2) is 6.61 Å². The number of ether oxygens (including phenoxy) is 2. The highest BCUT2D eigenvalue weighted by Crippen LogP contribution is 2.21. The van der Waals surface area contributed by atoms with Gasteiger partial charge in [0, 0.05) is 16.1 Å². The number of methoxy groups -OCH3 is 1. The molecule has 0 aromatic heterocycles. The molecule has 2 aromatic rings. The van der Waals surface area contributed by atoms with Crippen LogP contribution in [-0.4, -0.2) is 37.9 Å². The third-order valence-corrected chi connectivity index (χ3v) is 3.89. The molecule has 0 aliphatic rings. The summed E-state index contributed by atoms with van der Waals surface area (Å²) >= 11 is 11.7. The van der Waals surface area contributed by atoms with E-state index in [1.807, 2.05) is 0 Å². The van der Waals surface area contributed by atoms with E-state index in [4.69, 9.17) is 32.7 Å². The third kappa shape index (κ3) is 5.47. The minimum absolute atomic E-state index is 0.173. The second-order valence-electron chi connectivity index (χ2n) is 5.12. The third-order valence-electron chi connectivity index (χ3n) is 3.34. The summed E-state index contributed by atoms with van der Waals surface area (Å²) in [4.78, 5) is 35.6. The summed E-state index contributed by atoms with van der Waals surface area (Å²) in [5.74, 6) is -1.05. The molecule has 0 bridgehead atoms. The van der Waals surface area contributed by atoms with Crippen molar-refractivity contribution in [3.8, 4) is 5.75 Å². The zero-order chi connectivity index (χ0) is 19.1. The Bertz CT molecular complexity index is 821. The largest absolute Gasteiger partial charge is 0.497 e. The van der Waals surface area contributed by atoms with Gasteiger partial charge in [0.2, 0.25) is 5.78 Å². The van der Waals surface area contributed by atoms with E-state index in [9.17, 15) is 14.4 Å². The highest BCUT2D eigenvalue weighted by Gasteiger charge is 2.14. The topological polar surface area (TPSA) is 81.7 Å². The molecule has 8 heteroatoms. The van der Waals surface area contributed by atoms with E-state index in [2.05, 4.69) is 5.32 Å². The van der Waals surface area contributed by atoms with E-state index >= 15 is 0 Å². The molecule has 0 saturated carbocycles. The molecule has 1 N–H and O–H groups in total. The van der Waals surface area contributed by atoms with Gasteiger partial charge in [-0.05, 0) is 42.5 Å². The normalized spacial score (nSPS) is 10.1. The van der Waals surface area contributed by atoms with E-state index in [-0.39, 0.29) is 17.1 Å². The minimum Gasteiger partial charge on any atom is -0.497 e. The summed E-state index contributed by atoms with van der Waals surface area (Å²) < 4.78 is 9.85. The van der Waals surface area contributed by atoms with Crippen LogP contribution in [0.5, 0.6) is 5.75 Å². The van der Waals surface area contributed by atoms with Crippen LogP contribution in [0.4, 0.5) is 0 Å². The van der Waals surface area contributed by atoms with Crippen molar-refractivity contribution in [2.24, 2.45) is 0 Å². The first-order valence-corrected chi connectivity index (χ1v) is 8.22. The zero-order valence-corrected chi connectivity index (χ0v) is 15.3. The zero-order valence-electron chi connectivity index (χ0n) is 13.8. The van der Waals surface area contributed by atoms with Crippen molar-refractivity contribution in [3.63, 3.8) is 0 Å². The first-order chi connectivity index (χ1) is 12.4. The van der Waals surface area contributed by atoms with Gasteiger partial charge in [-0.25, -0.2) is 0 Å². The summed E-state index contributed by atoms with van der Waals surface area (Å²) in [7, 11) is 1.52. The number of halogens is 2. The number of esters is 1. The van der Waals surface area contributed by atoms with Crippen LogP contribution < -0.4 is 10.1 Å². The van der Waals surface area contributed by atoms with Crippen LogP contribution >= 0.6 is 23.2 Å². The number of rotatable bonds is 7. The lowest BCUT2D eigenvalue weighted by Crippen LogP contribution is -2.31. The summed E-state index contributed by atoms with van der Waals surface area (Å²) in [6, 6.07) is 10.8. The van der Waals surface area contributed by atoms with Gasteiger partial charge >= 0.3 is 5.97 Å². The molecule has 6 nitrogen and oxygen atoms in total. The average Bonchev–Trinajstić information content (AvgIpc) is 2.64. The van der Waals surface area contributed by atoms with Crippen molar-refractivity contribution in [3.05, 3.63) is 63.6 Å². The molecule has 0 spiro atoms. The van der Waals surface area contributed by atoms with Gasteiger partial charge in [0.25, 0.3) is 5.91 Å². The van der Waals surface area contributed by atoms with Gasteiger partial charge in [0.05, 0.1) is 12.1 Å². The molecule has 2 aromatic carbocycles. The molecule has 0 saturated heterocycles. The molecule has 136 valence electrons. The number of carbonyl (C=O) groups is 3. The Morgan fingerprint density at radius 3 is 2.35 bits per heavy atom. The number of amides is 1. The van der Waals surface area contributed by atoms with Gasteiger partial charge in [-0.2, -0.15) is 0 Å². The molecule has 0 fully saturated rings. The predicted molar refractivity (Wildman–Crippen MR) is 97.1 cm³/mol. The van der Waals surface area contributed by atoms with E-state index in [1.54, 1.807) is 24.3 Å². The highest BCUT2D eigenvalue weighted by molar-refractivity contribution is 6.36. The Labute approximate surface area is 160 Å². The number of benzene rings is 2. The second-order valence-corrected chi connectivity index (χ2v) is 5.96. The molecule has 0 heterocycles. The molecule has 0 aliphatic carbocycles. The quantitative estimate of drug-likeness (QED) is 0.575. The molecule has 0 radical (unpaired) electrons. The van der Waals surface area contributed by atoms with Crippen molar-refractivity contribution in [1.82, 2.24) is 5.32 Å². The fourth-order valence-corrected chi connectivity index (χ4v) is 2.50. The first kappa shape index (κ1) is 19.8. The predicted octanol–water partition coefficient (Wildman–Crippen LogP) is 3.16. The molecule has 0 aliphatic heterocycles. The van der Waals surface area contributed by atoms with Gasteiger partial charge in [-0.15, -0.1) is 0 Å². The molecular formula is C18H15Cl2NO5. The summed E-state index contributed by atoms with van der Waals surface area (Å²) in [5.41, 5.74) is 0.564. The number of hydrogen-bond acceptors (Lipinski definition) is 5. The van der Waals surface area contributed by atoms with Gasteiger partial charge < -0.3 is 14.8 Å². The number of Topliss-reactive ketones (excluding diaryl/α,β-unsaturated/α-hetero) is 1. The first-order valence-electron chi connectivity index (χ1n) is 7.47. The van der Waals surface area contributed by atoms with E-state index in [1.165, 1.54) is 25.3 Å². The van der Waals surface area contributed by atoms with Crippen LogP contribution in [-0.2, 0) is 9.53 Å². The number of ketones is 1. The fourth-order valence-electron chi connectivity index (χ4n) is 1.99. The Balaban J connectivity index is 1.81. The molecular weight excluding hydrogens is 381 g/mol. The maximum atomic E-state index is 12.0. The van der Waals surface area contributed by atoms with Gasteiger partial charge in [-0.1, -0.05) is 23.2 Å². The standard InChI is InChI=1S/C18H15Cl2NO5/c1-25-13-5-2-11(3-6-13)18(24)21-9-17(23)26-10-16(22)14-7-4-12(19)8-15(14)20/h2-8H,9-10H2,1H3,(H,21,24). The van der Waals surface area contributed by atoms with Crippen molar-refractivity contribution in [2.75, 3.05) is 20.3 Å². The number of hydrogen-bond donors (Lipinski definition) is 1. The van der Waals surface area contributed by atoms with Crippen LogP contribution in [0, 0.1) is 0 Å². The molecule has 26 heavy (non-hydrogen) atoms. The Kier molecular flexibility index (Phi) is 7.00. The van der Waals surface area contributed by atoms with Crippen LogP contribution in [0.2, 0.25) is 10.0 Å². The van der Waals surface area contributed by atoms with Crippen molar-refractivity contribution < 1.29 is 23.9 Å². The van der Waals surface area contributed by atoms with E-state index in [0.717, 1.165) is 0 Å². The summed E-state index contributed by atoms with van der Waals surface area (Å²) in [6.45, 7) is -0.856. The van der Waals surface area contributed by atoms with E-state index in [0.29, 0.717) is 16.3 Å². The molecule has 2 rings (SSSR count). The minimum atomic E-state index is -0.745. The average molecular weight is 396 g/mol. The van der Waals surface area contributed by atoms with Crippen LogP contribution in [0.15, 0.2) is 42.5 Å². The van der Waals surface area contributed by atoms with Crippen LogP contribution in [0.25, 0.3) is 0 Å². The number of carbonyl (C=O) groups excluding carboxylic acids is 3. The lowest BCUT2D eigenvalue weighted by molar-refractivity contribution is -0.141. The Morgan fingerprint density at radius 1 is 1.04 bits per heavy atom. The summed E-state index contributed by atoms with van der Waals surface area (Å²) in [5, 5.41) is 2.98. The molecule has 0 atom stereocenters. The highest BCUT2D eigenvalue weighted by atomic mass is 35.5. The Morgan fingerprint density at radius 2 is 1.73 bits per heavy atom. The Hall–Kier alpha value is -2.57. The van der Waals surface area contributed by atoms with Gasteiger partial charge in [-0.3, -0.25) is 14.4 Å².